The second kappa shape index (κ2) is 2.77. The summed E-state index contributed by atoms with van der Waals surface area (Å²) in [6.45, 7) is 0.469. The van der Waals surface area contributed by atoms with Gasteiger partial charge in [0, 0.05) is 13.1 Å². The molecule has 62 valence electrons. The lowest BCUT2D eigenvalue weighted by Gasteiger charge is -2.09. The Labute approximate surface area is 63.2 Å². The molecular formula is C6H9NO4. The number of hydrogen-bond acceptors (Lipinski definition) is 2. The summed E-state index contributed by atoms with van der Waals surface area (Å²) in [5.74, 6) is -1.42. The average molecular weight is 159 g/mol. The minimum absolute atomic E-state index is 0.130. The van der Waals surface area contributed by atoms with Gasteiger partial charge in [-0.1, -0.05) is 0 Å². The molecule has 0 bridgehead atoms. The summed E-state index contributed by atoms with van der Waals surface area (Å²) in [7, 11) is 0. The van der Waals surface area contributed by atoms with Crippen molar-refractivity contribution in [3.8, 4) is 0 Å². The van der Waals surface area contributed by atoms with Crippen molar-refractivity contribution in [1.82, 2.24) is 4.90 Å². The summed E-state index contributed by atoms with van der Waals surface area (Å²) < 4.78 is 0. The molecule has 1 aliphatic rings. The highest BCUT2D eigenvalue weighted by Crippen LogP contribution is 2.15. The van der Waals surface area contributed by atoms with E-state index in [2.05, 4.69) is 0 Å². The van der Waals surface area contributed by atoms with Crippen LogP contribution in [-0.4, -0.2) is 40.3 Å². The van der Waals surface area contributed by atoms with Gasteiger partial charge in [0.2, 0.25) is 0 Å². The first-order valence-corrected chi connectivity index (χ1v) is 3.32. The first kappa shape index (κ1) is 7.84. The number of carbonyl (C=O) groups is 2. The van der Waals surface area contributed by atoms with Crippen LogP contribution >= 0.6 is 0 Å². The summed E-state index contributed by atoms with van der Waals surface area (Å²) in [5.41, 5.74) is 0. The molecule has 1 fully saturated rings. The molecule has 0 radical (unpaired) electrons. The minimum Gasteiger partial charge on any atom is -0.481 e. The molecule has 0 aliphatic carbocycles. The van der Waals surface area contributed by atoms with Crippen LogP contribution in [0.4, 0.5) is 4.79 Å². The van der Waals surface area contributed by atoms with Gasteiger partial charge in [-0.15, -0.1) is 0 Å². The van der Waals surface area contributed by atoms with Crippen molar-refractivity contribution in [2.24, 2.45) is 5.92 Å². The molecule has 0 aromatic carbocycles. The molecule has 5 nitrogen and oxygen atoms in total. The van der Waals surface area contributed by atoms with E-state index >= 15 is 0 Å². The minimum atomic E-state index is -1.03. The number of carboxylic acid groups (broad SMARTS) is 2. The molecular weight excluding hydrogens is 150 g/mol. The first-order valence-electron chi connectivity index (χ1n) is 3.32. The largest absolute Gasteiger partial charge is 0.481 e. The molecule has 1 heterocycles. The zero-order valence-electron chi connectivity index (χ0n) is 5.86. The van der Waals surface area contributed by atoms with Gasteiger partial charge in [0.15, 0.2) is 0 Å². The van der Waals surface area contributed by atoms with E-state index in [4.69, 9.17) is 10.2 Å². The molecule has 1 saturated heterocycles. The summed E-state index contributed by atoms with van der Waals surface area (Å²) in [5, 5.41) is 16.9. The van der Waals surface area contributed by atoms with E-state index in [1.165, 1.54) is 0 Å². The van der Waals surface area contributed by atoms with Crippen molar-refractivity contribution in [1.29, 1.82) is 0 Å². The summed E-state index contributed by atoms with van der Waals surface area (Å²) in [6.07, 6.45) is -0.601. The Balaban J connectivity index is 2.47. The third kappa shape index (κ3) is 1.60. The van der Waals surface area contributed by atoms with Crippen molar-refractivity contribution < 1.29 is 19.8 Å². The van der Waals surface area contributed by atoms with Gasteiger partial charge in [-0.05, 0) is 6.42 Å². The van der Waals surface area contributed by atoms with E-state index in [9.17, 15) is 9.59 Å². The molecule has 1 rings (SSSR count). The van der Waals surface area contributed by atoms with Gasteiger partial charge in [-0.3, -0.25) is 4.79 Å². The molecule has 1 amide bonds. The van der Waals surface area contributed by atoms with Crippen LogP contribution in [0.2, 0.25) is 0 Å². The zero-order chi connectivity index (χ0) is 8.43. The van der Waals surface area contributed by atoms with Gasteiger partial charge in [0.05, 0.1) is 5.92 Å². The summed E-state index contributed by atoms with van der Waals surface area (Å²) in [4.78, 5) is 21.8. The maximum atomic E-state index is 10.4. The fourth-order valence-corrected chi connectivity index (χ4v) is 1.14. The fraction of sp³-hybridized carbons (Fsp3) is 0.667. The van der Waals surface area contributed by atoms with Crippen molar-refractivity contribution in [3.63, 3.8) is 0 Å². The smallest absolute Gasteiger partial charge is 0.407 e. The van der Waals surface area contributed by atoms with Crippen LogP contribution in [0.15, 0.2) is 0 Å². The van der Waals surface area contributed by atoms with Gasteiger partial charge < -0.3 is 15.1 Å². The highest BCUT2D eigenvalue weighted by molar-refractivity contribution is 5.73. The molecule has 11 heavy (non-hydrogen) atoms. The zero-order valence-corrected chi connectivity index (χ0v) is 5.86. The second-order valence-corrected chi connectivity index (χ2v) is 2.55. The monoisotopic (exact) mass is 159 g/mol. The van der Waals surface area contributed by atoms with E-state index in [-0.39, 0.29) is 6.54 Å². The molecule has 5 heteroatoms. The molecule has 0 unspecified atom stereocenters. The maximum Gasteiger partial charge on any atom is 0.407 e. The fourth-order valence-electron chi connectivity index (χ4n) is 1.14. The predicted molar refractivity (Wildman–Crippen MR) is 35.3 cm³/mol. The van der Waals surface area contributed by atoms with E-state index < -0.39 is 18.0 Å². The highest BCUT2D eigenvalue weighted by atomic mass is 16.4. The summed E-state index contributed by atoms with van der Waals surface area (Å²) in [6, 6.07) is 0. The molecule has 2 N–H and O–H groups in total. The van der Waals surface area contributed by atoms with E-state index in [0.29, 0.717) is 13.0 Å². The topological polar surface area (TPSA) is 77.8 Å². The Hall–Kier alpha value is -1.26. The van der Waals surface area contributed by atoms with E-state index in [1.807, 2.05) is 0 Å². The van der Waals surface area contributed by atoms with Crippen LogP contribution in [0, 0.1) is 5.92 Å². The molecule has 0 aromatic rings. The van der Waals surface area contributed by atoms with Gasteiger partial charge in [0.1, 0.15) is 0 Å². The van der Waals surface area contributed by atoms with Crippen molar-refractivity contribution in [3.05, 3.63) is 0 Å². The van der Waals surface area contributed by atoms with Gasteiger partial charge in [0.25, 0.3) is 0 Å². The third-order valence-corrected chi connectivity index (χ3v) is 1.81. The molecule has 0 aromatic heterocycles. The van der Waals surface area contributed by atoms with Gasteiger partial charge >= 0.3 is 12.1 Å². The van der Waals surface area contributed by atoms with Crippen LogP contribution in [0.3, 0.4) is 0 Å². The Morgan fingerprint density at radius 1 is 1.36 bits per heavy atom. The molecule has 1 atom stereocenters. The number of rotatable bonds is 1. The number of likely N-dealkylation sites (tertiary alicyclic amines) is 1. The third-order valence-electron chi connectivity index (χ3n) is 1.81. The van der Waals surface area contributed by atoms with Crippen molar-refractivity contribution in [2.45, 2.75) is 6.42 Å². The quantitative estimate of drug-likeness (QED) is 0.567. The maximum absolute atomic E-state index is 10.4. The Morgan fingerprint density at radius 3 is 2.27 bits per heavy atom. The normalized spacial score (nSPS) is 23.6. The van der Waals surface area contributed by atoms with Crippen molar-refractivity contribution >= 4 is 12.1 Å². The number of carboxylic acids is 1. The average Bonchev–Trinajstić information content (AvgIpc) is 2.33. The molecule has 1 aliphatic heterocycles. The number of amides is 1. The number of aliphatic carboxylic acids is 1. The summed E-state index contributed by atoms with van der Waals surface area (Å²) >= 11 is 0. The lowest BCUT2D eigenvalue weighted by atomic mass is 10.1. The lowest BCUT2D eigenvalue weighted by Crippen LogP contribution is -2.28. The highest BCUT2D eigenvalue weighted by Gasteiger charge is 2.30. The Bertz CT molecular complexity index is 171. The number of nitrogens with zero attached hydrogens (tertiary/aromatic N) is 1. The molecule has 0 spiro atoms. The van der Waals surface area contributed by atoms with Crippen molar-refractivity contribution in [2.75, 3.05) is 13.1 Å². The van der Waals surface area contributed by atoms with Gasteiger partial charge in [-0.2, -0.15) is 0 Å². The van der Waals surface area contributed by atoms with E-state index in [1.54, 1.807) is 0 Å². The standard InChI is InChI=1S/C6H9NO4/c8-5(9)4-1-2-7(3-4)6(10)11/h4H,1-3H2,(H,8,9)(H,10,11)/t4-/m0/s1. The van der Waals surface area contributed by atoms with Crippen LogP contribution in [0.1, 0.15) is 6.42 Å². The van der Waals surface area contributed by atoms with E-state index in [0.717, 1.165) is 4.90 Å². The van der Waals surface area contributed by atoms with Gasteiger partial charge in [-0.25, -0.2) is 4.79 Å². The predicted octanol–water partition coefficient (Wildman–Crippen LogP) is 0.0709. The van der Waals surface area contributed by atoms with Crippen LogP contribution in [0.5, 0.6) is 0 Å². The Kier molecular flexibility index (Phi) is 1.98. The second-order valence-electron chi connectivity index (χ2n) is 2.55. The van der Waals surface area contributed by atoms with Crippen LogP contribution < -0.4 is 0 Å². The number of hydrogen-bond donors (Lipinski definition) is 2. The van der Waals surface area contributed by atoms with Crippen LogP contribution in [0.25, 0.3) is 0 Å². The Morgan fingerprint density at radius 2 is 2.00 bits per heavy atom. The molecule has 0 saturated carbocycles. The first-order chi connectivity index (χ1) is 5.11. The SMILES string of the molecule is O=C(O)[C@H]1CCN(C(=O)O)C1. The lowest BCUT2D eigenvalue weighted by molar-refractivity contribution is -0.141. The van der Waals surface area contributed by atoms with Crippen LogP contribution in [-0.2, 0) is 4.79 Å².